The number of alkyl halides is 3. The van der Waals surface area contributed by atoms with Crippen LogP contribution in [0.1, 0.15) is 39.3 Å². The van der Waals surface area contributed by atoms with Gasteiger partial charge in [0, 0.05) is 25.6 Å². The number of nitrogens with zero attached hydrogens (tertiary/aromatic N) is 3. The number of halogens is 3. The lowest BCUT2D eigenvalue weighted by Crippen LogP contribution is -2.66. The first-order chi connectivity index (χ1) is 11.4. The molecule has 1 aliphatic carbocycles. The van der Waals surface area contributed by atoms with Gasteiger partial charge in [0.05, 0.1) is 6.20 Å². The van der Waals surface area contributed by atoms with Gasteiger partial charge in [-0.3, -0.25) is 4.68 Å². The Morgan fingerprint density at radius 2 is 1.88 bits per heavy atom. The monoisotopic (exact) mass is 361 g/mol. The summed E-state index contributed by atoms with van der Waals surface area (Å²) in [6.45, 7) is 6.53. The predicted molar refractivity (Wildman–Crippen MR) is 82.1 cm³/mol. The quantitative estimate of drug-likeness (QED) is 0.812. The van der Waals surface area contributed by atoms with E-state index in [2.05, 4.69) is 5.10 Å². The fourth-order valence-corrected chi connectivity index (χ4v) is 3.40. The van der Waals surface area contributed by atoms with E-state index in [1.165, 1.54) is 13.2 Å². The molecule has 0 bridgehead atoms. The third-order valence-corrected chi connectivity index (χ3v) is 4.38. The van der Waals surface area contributed by atoms with Gasteiger partial charge in [-0.05, 0) is 33.6 Å². The molecule has 0 aromatic carbocycles. The van der Waals surface area contributed by atoms with Gasteiger partial charge in [-0.1, -0.05) is 0 Å². The van der Waals surface area contributed by atoms with Gasteiger partial charge in [-0.15, -0.1) is 0 Å². The lowest BCUT2D eigenvalue weighted by Gasteiger charge is -2.58. The van der Waals surface area contributed by atoms with Crippen LogP contribution in [-0.2, 0) is 18.0 Å². The first kappa shape index (κ1) is 17.9. The third-order valence-electron chi connectivity index (χ3n) is 4.38. The van der Waals surface area contributed by atoms with Crippen molar-refractivity contribution in [3.63, 3.8) is 0 Å². The lowest BCUT2D eigenvalue weighted by molar-refractivity contribution is -0.146. The van der Waals surface area contributed by atoms with Crippen LogP contribution < -0.4 is 4.74 Å². The molecule has 25 heavy (non-hydrogen) atoms. The highest BCUT2D eigenvalue weighted by Gasteiger charge is 2.56. The highest BCUT2D eigenvalue weighted by molar-refractivity contribution is 5.69. The molecule has 0 N–H and O–H groups in total. The third kappa shape index (κ3) is 3.69. The Bertz CT molecular complexity index is 664. The molecule has 0 unspecified atom stereocenters. The molecule has 1 spiro atoms. The Balaban J connectivity index is 1.51. The van der Waals surface area contributed by atoms with E-state index >= 15 is 0 Å². The van der Waals surface area contributed by atoms with Crippen LogP contribution in [0.15, 0.2) is 6.20 Å². The first-order valence-corrected chi connectivity index (χ1v) is 8.12. The zero-order chi connectivity index (χ0) is 18.6. The summed E-state index contributed by atoms with van der Waals surface area (Å²) in [5.74, 6) is -0.238. The van der Waals surface area contributed by atoms with Crippen LogP contribution in [0.5, 0.6) is 5.75 Å². The van der Waals surface area contributed by atoms with Crippen molar-refractivity contribution in [3.05, 3.63) is 11.9 Å². The summed E-state index contributed by atoms with van der Waals surface area (Å²) in [6, 6.07) is 0. The van der Waals surface area contributed by atoms with Gasteiger partial charge in [-0.25, -0.2) is 4.79 Å². The van der Waals surface area contributed by atoms with Crippen LogP contribution >= 0.6 is 0 Å². The molecule has 6 nitrogen and oxygen atoms in total. The van der Waals surface area contributed by atoms with Gasteiger partial charge >= 0.3 is 12.3 Å². The summed E-state index contributed by atoms with van der Waals surface area (Å²) in [5, 5.41) is 3.43. The molecule has 1 saturated carbocycles. The van der Waals surface area contributed by atoms with Gasteiger partial charge < -0.3 is 14.4 Å². The molecular formula is C16H22F3N3O3. The number of aromatic nitrogens is 2. The highest BCUT2D eigenvalue weighted by Crippen LogP contribution is 2.50. The number of ether oxygens (including phenoxy) is 2. The number of hydrogen-bond acceptors (Lipinski definition) is 4. The Morgan fingerprint density at radius 1 is 1.28 bits per heavy atom. The lowest BCUT2D eigenvalue weighted by atomic mass is 9.62. The normalized spacial score (nSPS) is 20.2. The van der Waals surface area contributed by atoms with Crippen molar-refractivity contribution < 1.29 is 27.4 Å². The number of carbonyl (C=O) groups is 1. The molecule has 1 amide bonds. The Kier molecular flexibility index (Phi) is 3.96. The molecule has 2 aliphatic rings. The van der Waals surface area contributed by atoms with Crippen molar-refractivity contribution in [1.82, 2.24) is 14.7 Å². The summed E-state index contributed by atoms with van der Waals surface area (Å²) < 4.78 is 50.7. The van der Waals surface area contributed by atoms with Crippen LogP contribution in [0.25, 0.3) is 0 Å². The molecule has 2 heterocycles. The second-order valence-electron chi connectivity index (χ2n) is 8.00. The van der Waals surface area contributed by atoms with Crippen LogP contribution in [0.3, 0.4) is 0 Å². The number of aryl methyl sites for hydroxylation is 1. The summed E-state index contributed by atoms with van der Waals surface area (Å²) in [6.07, 6.45) is -2.69. The minimum atomic E-state index is -4.54. The maximum atomic E-state index is 12.9. The van der Waals surface area contributed by atoms with Gasteiger partial charge in [0.2, 0.25) is 5.69 Å². The van der Waals surface area contributed by atoms with Gasteiger partial charge in [0.1, 0.15) is 11.7 Å². The molecule has 3 rings (SSSR count). The van der Waals surface area contributed by atoms with E-state index in [0.29, 0.717) is 25.9 Å². The fraction of sp³-hybridized carbons (Fsp3) is 0.750. The van der Waals surface area contributed by atoms with E-state index < -0.39 is 17.5 Å². The van der Waals surface area contributed by atoms with E-state index in [-0.39, 0.29) is 23.4 Å². The van der Waals surface area contributed by atoms with Crippen molar-refractivity contribution in [3.8, 4) is 5.75 Å². The van der Waals surface area contributed by atoms with Crippen molar-refractivity contribution in [2.45, 2.75) is 51.5 Å². The summed E-state index contributed by atoms with van der Waals surface area (Å²) in [4.78, 5) is 13.6. The molecule has 0 radical (unpaired) electrons. The first-order valence-electron chi connectivity index (χ1n) is 8.12. The second-order valence-corrected chi connectivity index (χ2v) is 8.00. The molecule has 9 heteroatoms. The van der Waals surface area contributed by atoms with E-state index in [0.717, 1.165) is 4.68 Å². The number of likely N-dealkylation sites (tertiary alicyclic amines) is 1. The Hall–Kier alpha value is -1.93. The Morgan fingerprint density at radius 3 is 2.40 bits per heavy atom. The average molecular weight is 361 g/mol. The number of hydrogen-bond donors (Lipinski definition) is 0. The molecule has 1 aliphatic heterocycles. The second kappa shape index (κ2) is 5.54. The van der Waals surface area contributed by atoms with E-state index in [4.69, 9.17) is 9.47 Å². The smallest absolute Gasteiger partial charge is 0.438 e. The van der Waals surface area contributed by atoms with E-state index in [9.17, 15) is 18.0 Å². The predicted octanol–water partition coefficient (Wildman–Crippen LogP) is 3.22. The van der Waals surface area contributed by atoms with Crippen LogP contribution in [0, 0.1) is 5.41 Å². The van der Waals surface area contributed by atoms with Gasteiger partial charge in [-0.2, -0.15) is 18.3 Å². The molecule has 140 valence electrons. The minimum Gasteiger partial charge on any atom is -0.486 e. The summed E-state index contributed by atoms with van der Waals surface area (Å²) >= 11 is 0. The molecular weight excluding hydrogens is 339 g/mol. The summed E-state index contributed by atoms with van der Waals surface area (Å²) in [5.41, 5.74) is -1.60. The Labute approximate surface area is 143 Å². The SMILES string of the molecule is Cn1cc(OC2CC3(C2)CN(C(=O)OC(C)(C)C)C3)c(C(F)(F)F)n1. The average Bonchev–Trinajstić information content (AvgIpc) is 2.69. The van der Waals surface area contributed by atoms with Crippen molar-refractivity contribution in [2.75, 3.05) is 13.1 Å². The number of amides is 1. The van der Waals surface area contributed by atoms with Crippen molar-refractivity contribution in [2.24, 2.45) is 12.5 Å². The van der Waals surface area contributed by atoms with Gasteiger partial charge in [0.25, 0.3) is 0 Å². The topological polar surface area (TPSA) is 56.6 Å². The standard InChI is InChI=1S/C16H22F3N3O3/c1-14(2,3)25-13(23)22-8-15(9-22)5-10(6-15)24-11-7-21(4)20-12(11)16(17,18)19/h7,10H,5-6,8-9H2,1-4H3. The van der Waals surface area contributed by atoms with Crippen LogP contribution in [-0.4, -0.2) is 45.6 Å². The number of carbonyl (C=O) groups excluding carboxylic acids is 1. The number of rotatable bonds is 2. The van der Waals surface area contributed by atoms with Crippen molar-refractivity contribution >= 4 is 6.09 Å². The largest absolute Gasteiger partial charge is 0.486 e. The summed E-state index contributed by atoms with van der Waals surface area (Å²) in [7, 11) is 1.43. The molecule has 1 aromatic rings. The van der Waals surface area contributed by atoms with Crippen LogP contribution in [0.4, 0.5) is 18.0 Å². The van der Waals surface area contributed by atoms with Gasteiger partial charge in [0.15, 0.2) is 5.75 Å². The highest BCUT2D eigenvalue weighted by atomic mass is 19.4. The molecule has 0 atom stereocenters. The molecule has 2 fully saturated rings. The zero-order valence-corrected chi connectivity index (χ0v) is 14.7. The fourth-order valence-electron chi connectivity index (χ4n) is 3.40. The van der Waals surface area contributed by atoms with Crippen LogP contribution in [0.2, 0.25) is 0 Å². The zero-order valence-electron chi connectivity index (χ0n) is 14.7. The molecule has 1 aromatic heterocycles. The van der Waals surface area contributed by atoms with E-state index in [1.807, 2.05) is 0 Å². The minimum absolute atomic E-state index is 0.0534. The van der Waals surface area contributed by atoms with E-state index in [1.54, 1.807) is 25.7 Å². The maximum Gasteiger partial charge on any atom is 0.438 e. The molecule has 1 saturated heterocycles. The maximum absolute atomic E-state index is 12.9. The van der Waals surface area contributed by atoms with Crippen molar-refractivity contribution in [1.29, 1.82) is 0 Å².